The minimum absolute atomic E-state index is 0.0324. The van der Waals surface area contributed by atoms with Gasteiger partial charge in [0.05, 0.1) is 17.4 Å². The van der Waals surface area contributed by atoms with E-state index in [0.717, 1.165) is 19.4 Å². The number of imidazole rings is 1. The Kier molecular flexibility index (Phi) is 3.61. The number of halogens is 1. The summed E-state index contributed by atoms with van der Waals surface area (Å²) in [5.74, 6) is 1.01. The smallest absolute Gasteiger partial charge is 0.254 e. The molecule has 1 atom stereocenters. The largest absolute Gasteiger partial charge is 0.454 e. The molecule has 1 aromatic carbocycles. The van der Waals surface area contributed by atoms with E-state index >= 15 is 0 Å². The predicted octanol–water partition coefficient (Wildman–Crippen LogP) is 2.74. The second kappa shape index (κ2) is 5.77. The molecule has 0 aliphatic carbocycles. The highest BCUT2D eigenvalue weighted by molar-refractivity contribution is 6.32. The van der Waals surface area contributed by atoms with Gasteiger partial charge in [-0.2, -0.15) is 0 Å². The van der Waals surface area contributed by atoms with Crippen molar-refractivity contribution in [2.75, 3.05) is 19.9 Å². The highest BCUT2D eigenvalue weighted by atomic mass is 35.5. The first-order chi connectivity index (χ1) is 11.2. The third-order valence-corrected chi connectivity index (χ3v) is 4.59. The van der Waals surface area contributed by atoms with Gasteiger partial charge in [-0.25, -0.2) is 4.98 Å². The number of carbonyl (C=O) groups is 1. The Morgan fingerprint density at radius 3 is 3.09 bits per heavy atom. The van der Waals surface area contributed by atoms with Crippen molar-refractivity contribution in [3.05, 3.63) is 41.4 Å². The van der Waals surface area contributed by atoms with E-state index in [4.69, 9.17) is 21.1 Å². The van der Waals surface area contributed by atoms with Crippen molar-refractivity contribution in [2.24, 2.45) is 0 Å². The van der Waals surface area contributed by atoms with Gasteiger partial charge < -0.3 is 18.9 Å². The summed E-state index contributed by atoms with van der Waals surface area (Å²) in [5.41, 5.74) is 0.533. The second-order valence-electron chi connectivity index (χ2n) is 5.75. The number of aromatic nitrogens is 2. The molecule has 23 heavy (non-hydrogen) atoms. The van der Waals surface area contributed by atoms with E-state index in [0.29, 0.717) is 28.6 Å². The van der Waals surface area contributed by atoms with E-state index in [1.54, 1.807) is 24.7 Å². The Bertz CT molecular complexity index is 732. The molecule has 2 aromatic rings. The standard InChI is InChI=1S/C16H16ClN3O3/c17-13-6-11(7-14-15(13)23-10-22-14)16(21)19-4-1-2-12(8-19)20-5-3-18-9-20/h3,5-7,9,12H,1-2,4,8,10H2/t12-/m0/s1. The number of hydrogen-bond donors (Lipinski definition) is 0. The fourth-order valence-corrected chi connectivity index (χ4v) is 3.41. The maximum Gasteiger partial charge on any atom is 0.254 e. The number of likely N-dealkylation sites (tertiary alicyclic amines) is 1. The van der Waals surface area contributed by atoms with Gasteiger partial charge in [-0.1, -0.05) is 11.6 Å². The van der Waals surface area contributed by atoms with Gasteiger partial charge in [0.2, 0.25) is 6.79 Å². The lowest BCUT2D eigenvalue weighted by Gasteiger charge is -2.33. The molecular formula is C16H16ClN3O3. The summed E-state index contributed by atoms with van der Waals surface area (Å²) < 4.78 is 12.7. The normalized spacial score (nSPS) is 19.9. The van der Waals surface area contributed by atoms with Gasteiger partial charge in [-0.15, -0.1) is 0 Å². The van der Waals surface area contributed by atoms with Crippen molar-refractivity contribution in [1.29, 1.82) is 0 Å². The third kappa shape index (κ3) is 2.63. The van der Waals surface area contributed by atoms with Gasteiger partial charge in [0.15, 0.2) is 11.5 Å². The summed E-state index contributed by atoms with van der Waals surface area (Å²) in [6.45, 7) is 1.55. The lowest BCUT2D eigenvalue weighted by Crippen LogP contribution is -2.40. The predicted molar refractivity (Wildman–Crippen MR) is 84.0 cm³/mol. The maximum atomic E-state index is 12.8. The van der Waals surface area contributed by atoms with Crippen LogP contribution in [0.4, 0.5) is 0 Å². The van der Waals surface area contributed by atoms with E-state index in [-0.39, 0.29) is 18.7 Å². The molecule has 0 spiro atoms. The Morgan fingerprint density at radius 2 is 2.26 bits per heavy atom. The van der Waals surface area contributed by atoms with Crippen LogP contribution in [0.5, 0.6) is 11.5 Å². The Morgan fingerprint density at radius 1 is 1.35 bits per heavy atom. The number of fused-ring (bicyclic) bond motifs is 1. The van der Waals surface area contributed by atoms with Crippen molar-refractivity contribution in [1.82, 2.24) is 14.5 Å². The number of piperidine rings is 1. The molecule has 3 heterocycles. The van der Waals surface area contributed by atoms with Gasteiger partial charge in [0.1, 0.15) is 0 Å². The fraction of sp³-hybridized carbons (Fsp3) is 0.375. The zero-order chi connectivity index (χ0) is 15.8. The first-order valence-electron chi connectivity index (χ1n) is 7.58. The van der Waals surface area contributed by atoms with Crippen LogP contribution in [0.3, 0.4) is 0 Å². The molecule has 0 N–H and O–H groups in total. The molecule has 0 unspecified atom stereocenters. The van der Waals surface area contributed by atoms with Crippen LogP contribution in [0.2, 0.25) is 5.02 Å². The lowest BCUT2D eigenvalue weighted by molar-refractivity contribution is 0.0679. The molecule has 7 heteroatoms. The van der Waals surface area contributed by atoms with E-state index < -0.39 is 0 Å². The van der Waals surface area contributed by atoms with E-state index in [1.807, 2.05) is 11.1 Å². The number of carbonyl (C=O) groups excluding carboxylic acids is 1. The van der Waals surface area contributed by atoms with Crippen molar-refractivity contribution in [2.45, 2.75) is 18.9 Å². The minimum Gasteiger partial charge on any atom is -0.454 e. The molecular weight excluding hydrogens is 318 g/mol. The molecule has 1 aromatic heterocycles. The molecule has 6 nitrogen and oxygen atoms in total. The second-order valence-corrected chi connectivity index (χ2v) is 6.16. The SMILES string of the molecule is O=C(c1cc(Cl)c2c(c1)OCO2)N1CCC[C@H](n2ccnc2)C1. The molecule has 0 radical (unpaired) electrons. The van der Waals surface area contributed by atoms with E-state index in [1.165, 1.54) is 0 Å². The summed E-state index contributed by atoms with van der Waals surface area (Å²) in [4.78, 5) is 18.8. The molecule has 0 bridgehead atoms. The molecule has 1 saturated heterocycles. The van der Waals surface area contributed by atoms with E-state index in [2.05, 4.69) is 9.55 Å². The molecule has 4 rings (SSSR count). The van der Waals surface area contributed by atoms with Gasteiger partial charge in [0.25, 0.3) is 5.91 Å². The maximum absolute atomic E-state index is 12.8. The quantitative estimate of drug-likeness (QED) is 0.848. The van der Waals surface area contributed by atoms with Crippen LogP contribution in [-0.2, 0) is 0 Å². The van der Waals surface area contributed by atoms with Crippen LogP contribution in [0.15, 0.2) is 30.9 Å². The van der Waals surface area contributed by atoms with E-state index in [9.17, 15) is 4.79 Å². The molecule has 1 fully saturated rings. The Hall–Kier alpha value is -2.21. The van der Waals surface area contributed by atoms with Gasteiger partial charge in [-0.05, 0) is 25.0 Å². The van der Waals surface area contributed by atoms with Gasteiger partial charge in [0, 0.05) is 31.0 Å². The summed E-state index contributed by atoms with van der Waals surface area (Å²) in [6, 6.07) is 3.62. The van der Waals surface area contributed by atoms with Crippen molar-refractivity contribution >= 4 is 17.5 Å². The van der Waals surface area contributed by atoms with Gasteiger partial charge in [-0.3, -0.25) is 4.79 Å². The highest BCUT2D eigenvalue weighted by Crippen LogP contribution is 2.40. The molecule has 2 aliphatic rings. The van der Waals surface area contributed by atoms with Crippen LogP contribution < -0.4 is 9.47 Å². The van der Waals surface area contributed by atoms with Crippen LogP contribution in [0, 0.1) is 0 Å². The first kappa shape index (κ1) is 14.4. The summed E-state index contributed by atoms with van der Waals surface area (Å²) in [7, 11) is 0. The summed E-state index contributed by atoms with van der Waals surface area (Å²) in [5, 5.41) is 0.409. The zero-order valence-electron chi connectivity index (χ0n) is 12.4. The fourth-order valence-electron chi connectivity index (χ4n) is 3.14. The van der Waals surface area contributed by atoms with Crippen LogP contribution in [-0.4, -0.2) is 40.2 Å². The van der Waals surface area contributed by atoms with Gasteiger partial charge >= 0.3 is 0 Å². The zero-order valence-corrected chi connectivity index (χ0v) is 13.2. The monoisotopic (exact) mass is 333 g/mol. The lowest BCUT2D eigenvalue weighted by atomic mass is 10.0. The number of amides is 1. The number of hydrogen-bond acceptors (Lipinski definition) is 4. The Balaban J connectivity index is 1.56. The van der Waals surface area contributed by atoms with Crippen molar-refractivity contribution in [3.63, 3.8) is 0 Å². The number of rotatable bonds is 2. The van der Waals surface area contributed by atoms with Crippen molar-refractivity contribution < 1.29 is 14.3 Å². The number of nitrogens with zero attached hydrogens (tertiary/aromatic N) is 3. The topological polar surface area (TPSA) is 56.6 Å². The Labute approximate surface area is 138 Å². The third-order valence-electron chi connectivity index (χ3n) is 4.30. The summed E-state index contributed by atoms with van der Waals surface area (Å²) in [6.07, 6.45) is 7.51. The molecule has 1 amide bonds. The molecule has 0 saturated carbocycles. The van der Waals surface area contributed by atoms with Crippen LogP contribution >= 0.6 is 11.6 Å². The summed E-state index contributed by atoms with van der Waals surface area (Å²) >= 11 is 6.18. The number of ether oxygens (including phenoxy) is 2. The average molecular weight is 334 g/mol. The molecule has 2 aliphatic heterocycles. The average Bonchev–Trinajstić information content (AvgIpc) is 3.25. The minimum atomic E-state index is -0.0324. The molecule has 120 valence electrons. The first-order valence-corrected chi connectivity index (χ1v) is 7.96. The van der Waals surface area contributed by atoms with Crippen LogP contribution in [0.25, 0.3) is 0 Å². The van der Waals surface area contributed by atoms with Crippen molar-refractivity contribution in [3.8, 4) is 11.5 Å². The number of benzene rings is 1. The highest BCUT2D eigenvalue weighted by Gasteiger charge is 2.27. The van der Waals surface area contributed by atoms with Crippen LogP contribution in [0.1, 0.15) is 29.2 Å².